The molecule has 158 valence electrons. The molecule has 0 radical (unpaired) electrons. The zero-order valence-electron chi connectivity index (χ0n) is 17.7. The largest absolute Gasteiger partial charge is 0.497 e. The van der Waals surface area contributed by atoms with E-state index in [2.05, 4.69) is 10.3 Å². The van der Waals surface area contributed by atoms with Gasteiger partial charge in [-0.2, -0.15) is 0 Å². The minimum atomic E-state index is -0.239. The summed E-state index contributed by atoms with van der Waals surface area (Å²) in [5, 5.41) is 6.20. The number of amides is 1. The summed E-state index contributed by atoms with van der Waals surface area (Å²) in [4.78, 5) is 16.7. The van der Waals surface area contributed by atoms with Crippen molar-refractivity contribution in [3.05, 3.63) is 65.4 Å². The molecular formula is C24H22N2O4S. The van der Waals surface area contributed by atoms with Gasteiger partial charge in [-0.05, 0) is 43.2 Å². The zero-order chi connectivity index (χ0) is 22.0. The molecule has 1 N–H and O–H groups in total. The van der Waals surface area contributed by atoms with Crippen LogP contribution in [0.2, 0.25) is 0 Å². The zero-order valence-corrected chi connectivity index (χ0v) is 18.5. The molecule has 1 amide bonds. The van der Waals surface area contributed by atoms with E-state index in [9.17, 15) is 4.79 Å². The Bertz CT molecular complexity index is 1270. The summed E-state index contributed by atoms with van der Waals surface area (Å²) in [6, 6.07) is 11.6. The van der Waals surface area contributed by atoms with Crippen LogP contribution in [-0.2, 0) is 4.79 Å². The summed E-state index contributed by atoms with van der Waals surface area (Å²) >= 11 is 1.40. The van der Waals surface area contributed by atoms with Gasteiger partial charge in [-0.25, -0.2) is 4.98 Å². The molecule has 0 aliphatic rings. The number of aromatic nitrogens is 1. The smallest absolute Gasteiger partial charge is 0.250 e. The number of ether oxygens (including phenoxy) is 2. The molecule has 0 saturated carbocycles. The van der Waals surface area contributed by atoms with E-state index < -0.39 is 0 Å². The lowest BCUT2D eigenvalue weighted by molar-refractivity contribution is -0.111. The maximum absolute atomic E-state index is 12.5. The first-order chi connectivity index (χ1) is 15.0. The molecule has 0 atom stereocenters. The van der Waals surface area contributed by atoms with Crippen molar-refractivity contribution in [1.82, 2.24) is 4.98 Å². The van der Waals surface area contributed by atoms with Gasteiger partial charge in [0.2, 0.25) is 5.91 Å². The molecule has 0 bridgehead atoms. The highest BCUT2D eigenvalue weighted by Crippen LogP contribution is 2.37. The Balaban J connectivity index is 1.71. The number of carbonyl (C=O) groups excluding carboxylic acids is 1. The average Bonchev–Trinajstić information content (AvgIpc) is 3.37. The quantitative estimate of drug-likeness (QED) is 0.381. The average molecular weight is 435 g/mol. The Morgan fingerprint density at radius 3 is 2.58 bits per heavy atom. The van der Waals surface area contributed by atoms with Crippen LogP contribution in [0.4, 0.5) is 5.13 Å². The third kappa shape index (κ3) is 4.32. The van der Waals surface area contributed by atoms with Crippen LogP contribution in [0.3, 0.4) is 0 Å². The summed E-state index contributed by atoms with van der Waals surface area (Å²) in [5.74, 6) is 1.19. The van der Waals surface area contributed by atoms with Gasteiger partial charge in [0, 0.05) is 34.0 Å². The number of fused-ring (bicyclic) bond motifs is 1. The van der Waals surface area contributed by atoms with E-state index in [1.807, 2.05) is 55.6 Å². The van der Waals surface area contributed by atoms with Crippen LogP contribution in [0, 0.1) is 6.92 Å². The highest BCUT2D eigenvalue weighted by atomic mass is 32.1. The Morgan fingerprint density at radius 1 is 1.16 bits per heavy atom. The summed E-state index contributed by atoms with van der Waals surface area (Å²) in [5.41, 5.74) is 5.13. The molecular weight excluding hydrogens is 412 g/mol. The molecule has 0 aliphatic heterocycles. The van der Waals surface area contributed by atoms with Gasteiger partial charge in [0.05, 0.1) is 26.2 Å². The summed E-state index contributed by atoms with van der Waals surface area (Å²) < 4.78 is 16.6. The number of furan rings is 1. The van der Waals surface area contributed by atoms with E-state index >= 15 is 0 Å². The molecule has 0 aliphatic carbocycles. The summed E-state index contributed by atoms with van der Waals surface area (Å²) in [6.07, 6.45) is 3.28. The van der Waals surface area contributed by atoms with Crippen molar-refractivity contribution in [2.75, 3.05) is 19.5 Å². The number of nitrogens with one attached hydrogen (secondary N) is 1. The second-order valence-electron chi connectivity index (χ2n) is 7.04. The van der Waals surface area contributed by atoms with Gasteiger partial charge >= 0.3 is 0 Å². The molecule has 2 aromatic carbocycles. The molecule has 2 aromatic heterocycles. The van der Waals surface area contributed by atoms with E-state index in [-0.39, 0.29) is 5.91 Å². The SMILES string of the molecule is COc1ccc(-c2coc3cc(OC)c(/C(C)=C/C(=O)Nc4nc(C)cs4)cc23)cc1. The fourth-order valence-corrected chi connectivity index (χ4v) is 4.04. The number of methoxy groups -OCH3 is 2. The van der Waals surface area contributed by atoms with Crippen molar-refractivity contribution in [2.24, 2.45) is 0 Å². The van der Waals surface area contributed by atoms with Crippen molar-refractivity contribution in [3.63, 3.8) is 0 Å². The number of anilines is 1. The molecule has 0 fully saturated rings. The lowest BCUT2D eigenvalue weighted by Gasteiger charge is -2.10. The molecule has 4 aromatic rings. The molecule has 0 unspecified atom stereocenters. The van der Waals surface area contributed by atoms with Gasteiger partial charge in [0.1, 0.15) is 17.1 Å². The second kappa shape index (κ2) is 8.65. The fraction of sp³-hybridized carbons (Fsp3) is 0.167. The third-order valence-electron chi connectivity index (χ3n) is 4.92. The van der Waals surface area contributed by atoms with Crippen LogP contribution in [0.15, 0.2) is 58.5 Å². The van der Waals surface area contributed by atoms with Crippen molar-refractivity contribution in [2.45, 2.75) is 13.8 Å². The molecule has 7 heteroatoms. The lowest BCUT2D eigenvalue weighted by Crippen LogP contribution is -2.08. The molecule has 31 heavy (non-hydrogen) atoms. The van der Waals surface area contributed by atoms with Crippen LogP contribution >= 0.6 is 11.3 Å². The van der Waals surface area contributed by atoms with Gasteiger partial charge in [0.25, 0.3) is 0 Å². The number of aryl methyl sites for hydroxylation is 1. The molecule has 0 saturated heterocycles. The molecule has 4 rings (SSSR count). The maximum Gasteiger partial charge on any atom is 0.250 e. The van der Waals surface area contributed by atoms with Crippen LogP contribution in [0.5, 0.6) is 11.5 Å². The van der Waals surface area contributed by atoms with Crippen molar-refractivity contribution < 1.29 is 18.7 Å². The van der Waals surface area contributed by atoms with Crippen LogP contribution in [-0.4, -0.2) is 25.1 Å². The monoisotopic (exact) mass is 434 g/mol. The fourth-order valence-electron chi connectivity index (χ4n) is 3.35. The van der Waals surface area contributed by atoms with Crippen molar-refractivity contribution >= 4 is 38.9 Å². The van der Waals surface area contributed by atoms with Crippen molar-refractivity contribution in [1.29, 1.82) is 0 Å². The normalized spacial score (nSPS) is 11.5. The standard InChI is InChI=1S/C24H22N2O4S/c1-14(9-23(27)26-24-25-15(2)13-31-24)18-10-19-20(12-30-22(19)11-21(18)29-4)16-5-7-17(28-3)8-6-16/h5-13H,1-4H3,(H,25,26,27)/b14-9+. The molecule has 0 spiro atoms. The predicted octanol–water partition coefficient (Wildman–Crippen LogP) is 5.92. The Hall–Kier alpha value is -3.58. The number of hydrogen-bond donors (Lipinski definition) is 1. The number of thiazole rings is 1. The minimum Gasteiger partial charge on any atom is -0.497 e. The molecule has 2 heterocycles. The second-order valence-corrected chi connectivity index (χ2v) is 7.90. The first-order valence-corrected chi connectivity index (χ1v) is 10.5. The summed E-state index contributed by atoms with van der Waals surface area (Å²) in [7, 11) is 3.24. The Labute approximate surface area is 184 Å². The first kappa shape index (κ1) is 20.7. The minimum absolute atomic E-state index is 0.239. The van der Waals surface area contributed by atoms with Gasteiger partial charge in [-0.1, -0.05) is 12.1 Å². The summed E-state index contributed by atoms with van der Waals surface area (Å²) in [6.45, 7) is 3.77. The number of allylic oxidation sites excluding steroid dienone is 1. The Kier molecular flexibility index (Phi) is 5.77. The van der Waals surface area contributed by atoms with Crippen LogP contribution in [0.25, 0.3) is 27.7 Å². The number of rotatable bonds is 6. The van der Waals surface area contributed by atoms with E-state index in [0.717, 1.165) is 39.1 Å². The van der Waals surface area contributed by atoms with Crippen LogP contribution < -0.4 is 14.8 Å². The number of hydrogen-bond acceptors (Lipinski definition) is 6. The highest BCUT2D eigenvalue weighted by molar-refractivity contribution is 7.13. The lowest BCUT2D eigenvalue weighted by atomic mass is 9.99. The maximum atomic E-state index is 12.5. The topological polar surface area (TPSA) is 73.6 Å². The number of nitrogens with zero attached hydrogens (tertiary/aromatic N) is 1. The highest BCUT2D eigenvalue weighted by Gasteiger charge is 2.15. The third-order valence-corrected chi connectivity index (χ3v) is 5.79. The van der Waals surface area contributed by atoms with Crippen LogP contribution in [0.1, 0.15) is 18.2 Å². The Morgan fingerprint density at radius 2 is 1.94 bits per heavy atom. The van der Waals surface area contributed by atoms with Gasteiger partial charge in [0.15, 0.2) is 5.13 Å². The predicted molar refractivity (Wildman–Crippen MR) is 124 cm³/mol. The van der Waals surface area contributed by atoms with E-state index in [1.54, 1.807) is 26.6 Å². The number of carbonyl (C=O) groups is 1. The van der Waals surface area contributed by atoms with Gasteiger partial charge in [-0.15, -0.1) is 11.3 Å². The van der Waals surface area contributed by atoms with Gasteiger partial charge in [-0.3, -0.25) is 10.1 Å². The van der Waals surface area contributed by atoms with E-state index in [4.69, 9.17) is 13.9 Å². The van der Waals surface area contributed by atoms with Gasteiger partial charge < -0.3 is 13.9 Å². The van der Waals surface area contributed by atoms with E-state index in [0.29, 0.717) is 16.5 Å². The number of benzene rings is 2. The molecule has 6 nitrogen and oxygen atoms in total. The first-order valence-electron chi connectivity index (χ1n) is 9.64. The van der Waals surface area contributed by atoms with Crippen molar-refractivity contribution in [3.8, 4) is 22.6 Å². The van der Waals surface area contributed by atoms with E-state index in [1.165, 1.54) is 11.3 Å².